The van der Waals surface area contributed by atoms with Gasteiger partial charge in [-0.1, -0.05) is 11.6 Å². The molecule has 0 atom stereocenters. The predicted octanol–water partition coefficient (Wildman–Crippen LogP) is 1.55. The molecule has 1 heterocycles. The van der Waals surface area contributed by atoms with E-state index in [-0.39, 0.29) is 0 Å². The minimum atomic E-state index is 0.328. The molecule has 3 nitrogen and oxygen atoms in total. The second kappa shape index (κ2) is 3.44. The van der Waals surface area contributed by atoms with Crippen molar-refractivity contribution in [1.29, 1.82) is 0 Å². The third kappa shape index (κ3) is 1.98. The average molecular weight is 173 g/mol. The summed E-state index contributed by atoms with van der Waals surface area (Å²) in [6, 6.07) is 4.24. The van der Waals surface area contributed by atoms with E-state index in [9.17, 15) is 0 Å². The first-order valence-electron chi connectivity index (χ1n) is 2.94. The van der Waals surface area contributed by atoms with Gasteiger partial charge in [0.2, 0.25) is 11.8 Å². The van der Waals surface area contributed by atoms with E-state index in [1.165, 1.54) is 14.2 Å². The lowest BCUT2D eigenvalue weighted by Gasteiger charge is -2.01. The Labute approximate surface area is 69.9 Å². The molecule has 1 aromatic rings. The molecule has 0 aliphatic heterocycles. The Kier molecular flexibility index (Phi) is 2.54. The van der Waals surface area contributed by atoms with Crippen LogP contribution in [0.25, 0.3) is 0 Å². The fourth-order valence-electron chi connectivity index (χ4n) is 0.608. The number of pyridine rings is 1. The van der Waals surface area contributed by atoms with Crippen molar-refractivity contribution in [2.45, 2.75) is 0 Å². The van der Waals surface area contributed by atoms with Crippen molar-refractivity contribution in [3.05, 3.63) is 17.2 Å². The highest BCUT2D eigenvalue weighted by molar-refractivity contribution is 6.30. The second-order valence-electron chi connectivity index (χ2n) is 1.78. The number of ether oxygens (including phenoxy) is 2. The van der Waals surface area contributed by atoms with Crippen molar-refractivity contribution in [2.75, 3.05) is 14.2 Å². The van der Waals surface area contributed by atoms with E-state index in [2.05, 4.69) is 11.1 Å². The summed E-state index contributed by atoms with van der Waals surface area (Å²) in [6.07, 6.45) is 0. The van der Waals surface area contributed by atoms with Gasteiger partial charge in [-0.25, -0.2) is 0 Å². The molecule has 0 bridgehead atoms. The van der Waals surface area contributed by atoms with Crippen LogP contribution in [0.5, 0.6) is 11.8 Å². The molecule has 4 heteroatoms. The van der Waals surface area contributed by atoms with Crippen LogP contribution in [-0.4, -0.2) is 19.2 Å². The maximum atomic E-state index is 5.65. The summed E-state index contributed by atoms with van der Waals surface area (Å²) in [5.74, 6) is 0.750. The lowest BCUT2D eigenvalue weighted by molar-refractivity contribution is 0.364. The number of aromatic nitrogens is 1. The zero-order valence-corrected chi connectivity index (χ0v) is 6.97. The van der Waals surface area contributed by atoms with E-state index in [0.717, 1.165) is 0 Å². The van der Waals surface area contributed by atoms with Gasteiger partial charge in [-0.05, 0) is 0 Å². The molecule has 59 valence electrons. The van der Waals surface area contributed by atoms with E-state index < -0.39 is 0 Å². The van der Waals surface area contributed by atoms with Gasteiger partial charge in [0.05, 0.1) is 25.3 Å². The molecule has 0 saturated carbocycles. The van der Waals surface area contributed by atoms with Gasteiger partial charge >= 0.3 is 0 Å². The molecule has 0 spiro atoms. The van der Waals surface area contributed by atoms with Gasteiger partial charge < -0.3 is 9.47 Å². The molecule has 0 N–H and O–H groups in total. The standard InChI is InChI=1S/C7H7ClNO2/c1-10-6-3-5(8)4-7(9-6)11-2/h3H,1-2H3. The third-order valence-electron chi connectivity index (χ3n) is 1.09. The van der Waals surface area contributed by atoms with Crippen molar-refractivity contribution in [3.8, 4) is 11.8 Å². The Morgan fingerprint density at radius 2 is 2.18 bits per heavy atom. The van der Waals surface area contributed by atoms with Gasteiger partial charge in [0.1, 0.15) is 0 Å². The maximum absolute atomic E-state index is 5.65. The van der Waals surface area contributed by atoms with Gasteiger partial charge in [-0.3, -0.25) is 0 Å². The molecule has 11 heavy (non-hydrogen) atoms. The van der Waals surface area contributed by atoms with E-state index in [0.29, 0.717) is 16.8 Å². The van der Waals surface area contributed by atoms with Gasteiger partial charge in [-0.2, -0.15) is 4.98 Å². The predicted molar refractivity (Wildman–Crippen MR) is 41.2 cm³/mol. The largest absolute Gasteiger partial charge is 0.481 e. The minimum Gasteiger partial charge on any atom is -0.481 e. The van der Waals surface area contributed by atoms with E-state index in [1.807, 2.05) is 0 Å². The molecule has 1 rings (SSSR count). The lowest BCUT2D eigenvalue weighted by Crippen LogP contribution is -1.91. The smallest absolute Gasteiger partial charge is 0.226 e. The molecule has 0 fully saturated rings. The van der Waals surface area contributed by atoms with Crippen LogP contribution >= 0.6 is 11.6 Å². The van der Waals surface area contributed by atoms with Crippen molar-refractivity contribution >= 4 is 11.6 Å². The Hall–Kier alpha value is -0.960. The van der Waals surface area contributed by atoms with E-state index in [1.54, 1.807) is 6.07 Å². The minimum absolute atomic E-state index is 0.328. The Bertz CT molecular complexity index is 230. The first kappa shape index (κ1) is 8.14. The normalized spacial score (nSPS) is 9.36. The molecular weight excluding hydrogens is 166 g/mol. The van der Waals surface area contributed by atoms with E-state index >= 15 is 0 Å². The highest BCUT2D eigenvalue weighted by Gasteiger charge is 2.00. The van der Waals surface area contributed by atoms with Crippen LogP contribution in [-0.2, 0) is 0 Å². The van der Waals surface area contributed by atoms with Crippen LogP contribution in [0.3, 0.4) is 0 Å². The van der Waals surface area contributed by atoms with Crippen molar-refractivity contribution in [3.63, 3.8) is 0 Å². The molecule has 1 aromatic heterocycles. The molecule has 0 saturated heterocycles. The van der Waals surface area contributed by atoms with Crippen molar-refractivity contribution < 1.29 is 9.47 Å². The summed E-state index contributed by atoms with van der Waals surface area (Å²) in [4.78, 5) is 3.89. The van der Waals surface area contributed by atoms with Gasteiger partial charge in [0.15, 0.2) is 0 Å². The summed E-state index contributed by atoms with van der Waals surface area (Å²) < 4.78 is 9.65. The number of halogens is 1. The fraction of sp³-hybridized carbons (Fsp3) is 0.286. The molecular formula is C7H7ClNO2. The number of hydrogen-bond acceptors (Lipinski definition) is 3. The summed E-state index contributed by atoms with van der Waals surface area (Å²) in [5.41, 5.74) is 0. The highest BCUT2D eigenvalue weighted by Crippen LogP contribution is 2.19. The topological polar surface area (TPSA) is 31.4 Å². The summed E-state index contributed by atoms with van der Waals surface area (Å²) in [7, 11) is 3.01. The van der Waals surface area contributed by atoms with Gasteiger partial charge in [-0.15, -0.1) is 0 Å². The van der Waals surface area contributed by atoms with E-state index in [4.69, 9.17) is 21.1 Å². The SMILES string of the molecule is COc1[c]c(Cl)cc(OC)n1. The van der Waals surface area contributed by atoms with Gasteiger partial charge in [0, 0.05) is 6.07 Å². The summed E-state index contributed by atoms with van der Waals surface area (Å²) in [5, 5.41) is 0.425. The molecule has 0 aliphatic rings. The van der Waals surface area contributed by atoms with Gasteiger partial charge in [0.25, 0.3) is 0 Å². The Morgan fingerprint density at radius 1 is 1.45 bits per heavy atom. The van der Waals surface area contributed by atoms with Crippen LogP contribution in [0.2, 0.25) is 5.02 Å². The highest BCUT2D eigenvalue weighted by atomic mass is 35.5. The Morgan fingerprint density at radius 3 is 2.73 bits per heavy atom. The lowest BCUT2D eigenvalue weighted by atomic mass is 10.5. The van der Waals surface area contributed by atoms with Crippen molar-refractivity contribution in [1.82, 2.24) is 4.98 Å². The van der Waals surface area contributed by atoms with Crippen LogP contribution in [0.1, 0.15) is 0 Å². The van der Waals surface area contributed by atoms with Crippen LogP contribution < -0.4 is 9.47 Å². The Balaban J connectivity index is 3.02. The van der Waals surface area contributed by atoms with Crippen LogP contribution in [0.15, 0.2) is 6.07 Å². The molecule has 0 unspecified atom stereocenters. The number of rotatable bonds is 2. The monoisotopic (exact) mass is 172 g/mol. The summed E-state index contributed by atoms with van der Waals surface area (Å²) in [6.45, 7) is 0. The first-order chi connectivity index (χ1) is 5.26. The molecule has 0 aliphatic carbocycles. The number of methoxy groups -OCH3 is 2. The zero-order valence-electron chi connectivity index (χ0n) is 6.22. The second-order valence-corrected chi connectivity index (χ2v) is 2.19. The zero-order chi connectivity index (χ0) is 8.27. The van der Waals surface area contributed by atoms with Crippen LogP contribution in [0, 0.1) is 6.07 Å². The van der Waals surface area contributed by atoms with Crippen LogP contribution in [0.4, 0.5) is 0 Å². The quantitative estimate of drug-likeness (QED) is 0.679. The fourth-order valence-corrected chi connectivity index (χ4v) is 0.782. The summed E-state index contributed by atoms with van der Waals surface area (Å²) >= 11 is 5.65. The molecule has 1 radical (unpaired) electrons. The number of hydrogen-bond donors (Lipinski definition) is 0. The van der Waals surface area contributed by atoms with Crippen molar-refractivity contribution in [2.24, 2.45) is 0 Å². The molecule has 0 aromatic carbocycles. The first-order valence-corrected chi connectivity index (χ1v) is 3.32. The number of nitrogens with zero attached hydrogens (tertiary/aromatic N) is 1. The maximum Gasteiger partial charge on any atom is 0.226 e. The molecule has 0 amide bonds. The third-order valence-corrected chi connectivity index (χ3v) is 1.29. The average Bonchev–Trinajstić information content (AvgIpc) is 2.03.